The van der Waals surface area contributed by atoms with Gasteiger partial charge in [-0.1, -0.05) is 0 Å². The third-order valence-electron chi connectivity index (χ3n) is 3.45. The molecule has 2 aromatic rings. The summed E-state index contributed by atoms with van der Waals surface area (Å²) in [5.74, 6) is -1.29. The summed E-state index contributed by atoms with van der Waals surface area (Å²) in [5.41, 5.74) is 0.466. The molecule has 9 nitrogen and oxygen atoms in total. The van der Waals surface area contributed by atoms with E-state index in [1.807, 2.05) is 13.8 Å². The van der Waals surface area contributed by atoms with Gasteiger partial charge in [-0.05, 0) is 42.5 Å². The molecule has 0 unspecified atom stereocenters. The Morgan fingerprint density at radius 1 is 1.40 bits per heavy atom. The van der Waals surface area contributed by atoms with Gasteiger partial charge in [0.2, 0.25) is 0 Å². The van der Waals surface area contributed by atoms with Crippen molar-refractivity contribution >= 4 is 17.7 Å². The van der Waals surface area contributed by atoms with E-state index in [4.69, 9.17) is 5.11 Å². The molecule has 0 spiro atoms. The molecule has 25 heavy (non-hydrogen) atoms. The van der Waals surface area contributed by atoms with E-state index < -0.39 is 17.8 Å². The van der Waals surface area contributed by atoms with Crippen molar-refractivity contribution in [1.29, 1.82) is 0 Å². The van der Waals surface area contributed by atoms with Crippen LogP contribution in [0.1, 0.15) is 26.3 Å². The van der Waals surface area contributed by atoms with E-state index in [-0.39, 0.29) is 30.3 Å². The topological polar surface area (TPSA) is 113 Å². The van der Waals surface area contributed by atoms with E-state index in [2.05, 4.69) is 20.8 Å². The fourth-order valence-corrected chi connectivity index (χ4v) is 2.08. The lowest BCUT2D eigenvalue weighted by molar-refractivity contribution is -0.137. The summed E-state index contributed by atoms with van der Waals surface area (Å²) in [4.78, 5) is 23.7. The second-order valence-electron chi connectivity index (χ2n) is 5.73. The van der Waals surface area contributed by atoms with Gasteiger partial charge in [0.1, 0.15) is 5.82 Å². The highest BCUT2D eigenvalue weighted by atomic mass is 19.1. The number of hydrogen-bond acceptors (Lipinski definition) is 5. The highest BCUT2D eigenvalue weighted by Crippen LogP contribution is 2.25. The molecule has 134 valence electrons. The van der Waals surface area contributed by atoms with Crippen LogP contribution in [0.2, 0.25) is 0 Å². The van der Waals surface area contributed by atoms with Crippen LogP contribution in [0.4, 0.5) is 14.9 Å². The van der Waals surface area contributed by atoms with Crippen LogP contribution in [0.3, 0.4) is 0 Å². The molecule has 2 rings (SSSR count). The lowest BCUT2D eigenvalue weighted by atomic mass is 10.1. The molecule has 0 aliphatic rings. The lowest BCUT2D eigenvalue weighted by Gasteiger charge is -2.17. The second-order valence-corrected chi connectivity index (χ2v) is 5.73. The SMILES string of the molecule is CC(C)n1nnnc1-c1ccc(NC(=O)N(C)CCC(=O)O)cc1F. The normalized spacial score (nSPS) is 10.8. The monoisotopic (exact) mass is 350 g/mol. The van der Waals surface area contributed by atoms with Crippen LogP contribution >= 0.6 is 0 Å². The predicted octanol–water partition coefficient (Wildman–Crippen LogP) is 2.00. The maximum Gasteiger partial charge on any atom is 0.321 e. The molecule has 0 radical (unpaired) electrons. The first-order valence-corrected chi connectivity index (χ1v) is 7.61. The van der Waals surface area contributed by atoms with Gasteiger partial charge < -0.3 is 15.3 Å². The summed E-state index contributed by atoms with van der Waals surface area (Å²) in [5, 5.41) is 22.4. The van der Waals surface area contributed by atoms with Gasteiger partial charge in [0.15, 0.2) is 5.82 Å². The maximum absolute atomic E-state index is 14.4. The molecule has 0 aliphatic heterocycles. The average Bonchev–Trinajstić information content (AvgIpc) is 3.02. The number of nitrogens with one attached hydrogen (secondary N) is 1. The average molecular weight is 350 g/mol. The molecule has 0 fully saturated rings. The number of benzene rings is 1. The number of aliphatic carboxylic acids is 1. The van der Waals surface area contributed by atoms with Crippen LogP contribution < -0.4 is 5.32 Å². The summed E-state index contributed by atoms with van der Waals surface area (Å²) in [6, 6.07) is 3.61. The first kappa shape index (κ1) is 18.3. The Kier molecular flexibility index (Phi) is 5.63. The van der Waals surface area contributed by atoms with E-state index in [9.17, 15) is 14.0 Å². The predicted molar refractivity (Wildman–Crippen MR) is 87.5 cm³/mol. The number of carbonyl (C=O) groups excluding carboxylic acids is 1. The smallest absolute Gasteiger partial charge is 0.321 e. The summed E-state index contributed by atoms with van der Waals surface area (Å²) < 4.78 is 15.9. The van der Waals surface area contributed by atoms with Gasteiger partial charge in [-0.15, -0.1) is 5.10 Å². The summed E-state index contributed by atoms with van der Waals surface area (Å²) in [6.07, 6.45) is -0.172. The van der Waals surface area contributed by atoms with Crippen molar-refractivity contribution in [2.24, 2.45) is 0 Å². The molecule has 2 N–H and O–H groups in total. The van der Waals surface area contributed by atoms with E-state index in [1.54, 1.807) is 0 Å². The Morgan fingerprint density at radius 2 is 2.12 bits per heavy atom. The first-order chi connectivity index (χ1) is 11.8. The molecule has 2 amide bonds. The third kappa shape index (κ3) is 4.49. The van der Waals surface area contributed by atoms with Crippen molar-refractivity contribution < 1.29 is 19.1 Å². The molecule has 0 saturated carbocycles. The zero-order chi connectivity index (χ0) is 18.6. The van der Waals surface area contributed by atoms with Crippen molar-refractivity contribution in [2.45, 2.75) is 26.3 Å². The van der Waals surface area contributed by atoms with Crippen molar-refractivity contribution in [3.63, 3.8) is 0 Å². The quantitative estimate of drug-likeness (QED) is 0.824. The number of carboxylic acids is 1. The largest absolute Gasteiger partial charge is 0.481 e. The molecule has 1 aromatic heterocycles. The van der Waals surface area contributed by atoms with Gasteiger partial charge in [0.25, 0.3) is 0 Å². The number of carbonyl (C=O) groups is 2. The van der Waals surface area contributed by atoms with Gasteiger partial charge in [-0.25, -0.2) is 13.9 Å². The van der Waals surface area contributed by atoms with Crippen molar-refractivity contribution in [1.82, 2.24) is 25.1 Å². The first-order valence-electron chi connectivity index (χ1n) is 7.61. The lowest BCUT2D eigenvalue weighted by Crippen LogP contribution is -2.33. The Balaban J connectivity index is 2.13. The molecular formula is C15H19FN6O3. The Bertz CT molecular complexity index is 776. The fraction of sp³-hybridized carbons (Fsp3) is 0.400. The number of aromatic nitrogens is 4. The van der Waals surface area contributed by atoms with Crippen LogP contribution in [-0.4, -0.2) is 55.8 Å². The molecular weight excluding hydrogens is 331 g/mol. The number of carboxylic acid groups (broad SMARTS) is 1. The van der Waals surface area contributed by atoms with Crippen molar-refractivity contribution in [3.8, 4) is 11.4 Å². The molecule has 0 bridgehead atoms. The fourth-order valence-electron chi connectivity index (χ4n) is 2.08. The molecule has 0 atom stereocenters. The van der Waals surface area contributed by atoms with E-state index in [0.717, 1.165) is 6.07 Å². The maximum atomic E-state index is 14.4. The number of amides is 2. The number of tetrazole rings is 1. The molecule has 1 aromatic carbocycles. The molecule has 10 heteroatoms. The number of urea groups is 1. The van der Waals surface area contributed by atoms with Gasteiger partial charge in [-0.2, -0.15) is 0 Å². The van der Waals surface area contributed by atoms with Crippen LogP contribution in [0.15, 0.2) is 18.2 Å². The van der Waals surface area contributed by atoms with Crippen LogP contribution in [0.25, 0.3) is 11.4 Å². The zero-order valence-corrected chi connectivity index (χ0v) is 14.1. The highest BCUT2D eigenvalue weighted by Gasteiger charge is 2.17. The summed E-state index contributed by atoms with van der Waals surface area (Å²) in [6.45, 7) is 3.80. The van der Waals surface area contributed by atoms with Crippen LogP contribution in [-0.2, 0) is 4.79 Å². The van der Waals surface area contributed by atoms with Crippen LogP contribution in [0.5, 0.6) is 0 Å². The number of nitrogens with zero attached hydrogens (tertiary/aromatic N) is 5. The molecule has 0 saturated heterocycles. The minimum Gasteiger partial charge on any atom is -0.481 e. The minimum atomic E-state index is -1.00. The van der Waals surface area contributed by atoms with Gasteiger partial charge in [0.05, 0.1) is 18.0 Å². The third-order valence-corrected chi connectivity index (χ3v) is 3.45. The Labute approximate surface area is 143 Å². The van der Waals surface area contributed by atoms with Gasteiger partial charge in [0, 0.05) is 19.3 Å². The Hall–Kier alpha value is -3.04. The zero-order valence-electron chi connectivity index (χ0n) is 14.1. The molecule has 0 aliphatic carbocycles. The van der Waals surface area contributed by atoms with E-state index >= 15 is 0 Å². The Morgan fingerprint density at radius 3 is 2.72 bits per heavy atom. The number of anilines is 1. The van der Waals surface area contributed by atoms with Crippen molar-refractivity contribution in [3.05, 3.63) is 24.0 Å². The number of halogens is 1. The van der Waals surface area contributed by atoms with E-state index in [1.165, 1.54) is 28.8 Å². The van der Waals surface area contributed by atoms with Gasteiger partial charge >= 0.3 is 12.0 Å². The second kappa shape index (κ2) is 7.69. The summed E-state index contributed by atoms with van der Waals surface area (Å²) in [7, 11) is 1.46. The number of hydrogen-bond donors (Lipinski definition) is 2. The van der Waals surface area contributed by atoms with Crippen molar-refractivity contribution in [2.75, 3.05) is 18.9 Å². The number of rotatable bonds is 6. The standard InChI is InChI=1S/C15H19FN6O3/c1-9(2)22-14(18-19-20-22)11-5-4-10(8-12(11)16)17-15(25)21(3)7-6-13(23)24/h4-5,8-9H,6-7H2,1-3H3,(H,17,25)(H,23,24). The molecule has 1 heterocycles. The summed E-state index contributed by atoms with van der Waals surface area (Å²) >= 11 is 0. The highest BCUT2D eigenvalue weighted by molar-refractivity contribution is 5.89. The van der Waals surface area contributed by atoms with Crippen LogP contribution in [0, 0.1) is 5.82 Å². The minimum absolute atomic E-state index is 0.0355. The van der Waals surface area contributed by atoms with E-state index in [0.29, 0.717) is 5.82 Å². The van der Waals surface area contributed by atoms with Gasteiger partial charge in [-0.3, -0.25) is 4.79 Å².